The van der Waals surface area contributed by atoms with Gasteiger partial charge in [0.1, 0.15) is 0 Å². The van der Waals surface area contributed by atoms with Crippen LogP contribution in [-0.2, 0) is 16.0 Å². The van der Waals surface area contributed by atoms with Gasteiger partial charge in [0.15, 0.2) is 6.61 Å². The normalized spacial score (nSPS) is 16.1. The molecule has 0 N–H and O–H groups in total. The van der Waals surface area contributed by atoms with Crippen LogP contribution in [0.15, 0.2) is 48.5 Å². The fourth-order valence-electron chi connectivity index (χ4n) is 2.81. The van der Waals surface area contributed by atoms with Crippen molar-refractivity contribution in [3.8, 4) is 0 Å². The number of benzene rings is 2. The smallest absolute Gasteiger partial charge is 0.338 e. The predicted octanol–water partition coefficient (Wildman–Crippen LogP) is 3.43. The number of carbonyl (C=O) groups is 2. The van der Waals surface area contributed by atoms with Crippen molar-refractivity contribution in [1.82, 2.24) is 0 Å². The van der Waals surface area contributed by atoms with Crippen molar-refractivity contribution in [3.63, 3.8) is 0 Å². The van der Waals surface area contributed by atoms with Gasteiger partial charge in [-0.05, 0) is 71.8 Å². The summed E-state index contributed by atoms with van der Waals surface area (Å²) in [6.07, 6.45) is 0.826. The van der Waals surface area contributed by atoms with Gasteiger partial charge < -0.3 is 9.64 Å². The number of amides is 1. The van der Waals surface area contributed by atoms with Crippen molar-refractivity contribution in [3.05, 3.63) is 63.2 Å². The Balaban J connectivity index is 1.66. The van der Waals surface area contributed by atoms with E-state index in [4.69, 9.17) is 4.74 Å². The number of hydrogen-bond acceptors (Lipinski definition) is 3. The van der Waals surface area contributed by atoms with Gasteiger partial charge in [0.05, 0.1) is 5.56 Å². The van der Waals surface area contributed by atoms with Crippen molar-refractivity contribution in [2.75, 3.05) is 11.5 Å². The molecular formula is C18H16INO3. The number of fused-ring (bicyclic) bond motifs is 1. The maximum absolute atomic E-state index is 12.5. The second-order valence-corrected chi connectivity index (χ2v) is 6.77. The molecule has 0 bridgehead atoms. The van der Waals surface area contributed by atoms with Crippen molar-refractivity contribution < 1.29 is 14.3 Å². The molecule has 0 fully saturated rings. The van der Waals surface area contributed by atoms with E-state index in [1.54, 1.807) is 17.0 Å². The molecule has 0 aliphatic carbocycles. The Morgan fingerprint density at radius 2 is 1.87 bits per heavy atom. The number of nitrogens with zero attached hydrogens (tertiary/aromatic N) is 1. The maximum Gasteiger partial charge on any atom is 0.338 e. The predicted molar refractivity (Wildman–Crippen MR) is 96.5 cm³/mol. The minimum Gasteiger partial charge on any atom is -0.452 e. The Morgan fingerprint density at radius 3 is 2.61 bits per heavy atom. The third-order valence-corrected chi connectivity index (χ3v) is 4.60. The van der Waals surface area contributed by atoms with Crippen LogP contribution >= 0.6 is 22.6 Å². The second kappa shape index (κ2) is 6.70. The van der Waals surface area contributed by atoms with Gasteiger partial charge in [0.2, 0.25) is 0 Å². The Labute approximate surface area is 148 Å². The second-order valence-electron chi connectivity index (χ2n) is 5.53. The van der Waals surface area contributed by atoms with Gasteiger partial charge in [-0.3, -0.25) is 4.79 Å². The number of anilines is 1. The maximum atomic E-state index is 12.5. The molecule has 1 aliphatic rings. The number of carbonyl (C=O) groups excluding carboxylic acids is 2. The zero-order chi connectivity index (χ0) is 16.4. The molecule has 4 nitrogen and oxygen atoms in total. The summed E-state index contributed by atoms with van der Waals surface area (Å²) in [5.74, 6) is -0.670. The molecule has 23 heavy (non-hydrogen) atoms. The first kappa shape index (κ1) is 16.0. The van der Waals surface area contributed by atoms with E-state index >= 15 is 0 Å². The van der Waals surface area contributed by atoms with Gasteiger partial charge in [-0.15, -0.1) is 0 Å². The largest absolute Gasteiger partial charge is 0.452 e. The van der Waals surface area contributed by atoms with Gasteiger partial charge in [0, 0.05) is 15.3 Å². The van der Waals surface area contributed by atoms with Gasteiger partial charge >= 0.3 is 5.97 Å². The van der Waals surface area contributed by atoms with E-state index in [-0.39, 0.29) is 18.6 Å². The highest BCUT2D eigenvalue weighted by Gasteiger charge is 2.30. The Morgan fingerprint density at radius 1 is 1.17 bits per heavy atom. The molecule has 0 radical (unpaired) electrons. The first-order valence-electron chi connectivity index (χ1n) is 7.39. The van der Waals surface area contributed by atoms with Crippen LogP contribution in [-0.4, -0.2) is 24.5 Å². The fourth-order valence-corrected chi connectivity index (χ4v) is 3.17. The summed E-state index contributed by atoms with van der Waals surface area (Å²) in [6, 6.07) is 15.0. The molecule has 1 atom stereocenters. The Kier molecular flexibility index (Phi) is 4.66. The van der Waals surface area contributed by atoms with E-state index in [1.165, 1.54) is 0 Å². The molecule has 3 rings (SSSR count). The SMILES string of the molecule is C[C@H]1Cc2ccccc2N1C(=O)COC(=O)c1ccc(I)cc1. The first-order valence-corrected chi connectivity index (χ1v) is 8.47. The Hall–Kier alpha value is -1.89. The number of para-hydroxylation sites is 1. The van der Waals surface area contributed by atoms with E-state index in [9.17, 15) is 9.59 Å². The zero-order valence-corrected chi connectivity index (χ0v) is 14.8. The van der Waals surface area contributed by atoms with Crippen LogP contribution in [0.1, 0.15) is 22.8 Å². The molecule has 1 heterocycles. The van der Waals surface area contributed by atoms with E-state index < -0.39 is 5.97 Å². The molecular weight excluding hydrogens is 405 g/mol. The lowest BCUT2D eigenvalue weighted by molar-refractivity contribution is -0.122. The molecule has 0 unspecified atom stereocenters. The summed E-state index contributed by atoms with van der Waals surface area (Å²) < 4.78 is 6.21. The lowest BCUT2D eigenvalue weighted by Crippen LogP contribution is -2.38. The summed E-state index contributed by atoms with van der Waals surface area (Å²) >= 11 is 2.17. The molecule has 0 saturated carbocycles. The summed E-state index contributed by atoms with van der Waals surface area (Å²) in [7, 11) is 0. The summed E-state index contributed by atoms with van der Waals surface area (Å²) in [4.78, 5) is 26.2. The van der Waals surface area contributed by atoms with Crippen LogP contribution in [0.4, 0.5) is 5.69 Å². The lowest BCUT2D eigenvalue weighted by atomic mass is 10.1. The van der Waals surface area contributed by atoms with E-state index in [1.807, 2.05) is 43.3 Å². The average molecular weight is 421 g/mol. The van der Waals surface area contributed by atoms with Crippen molar-refractivity contribution in [2.45, 2.75) is 19.4 Å². The standard InChI is InChI=1S/C18H16INO3/c1-12-10-14-4-2-3-5-16(14)20(12)17(21)11-23-18(22)13-6-8-15(19)9-7-13/h2-9,12H,10-11H2,1H3/t12-/m0/s1. The van der Waals surface area contributed by atoms with E-state index in [0.29, 0.717) is 5.56 Å². The van der Waals surface area contributed by atoms with E-state index in [0.717, 1.165) is 21.2 Å². The van der Waals surface area contributed by atoms with Gasteiger partial charge in [0.25, 0.3) is 5.91 Å². The molecule has 5 heteroatoms. The highest BCUT2D eigenvalue weighted by Crippen LogP contribution is 2.31. The minimum absolute atomic E-state index is 0.0805. The number of hydrogen-bond donors (Lipinski definition) is 0. The summed E-state index contributed by atoms with van der Waals surface area (Å²) in [5.41, 5.74) is 2.51. The summed E-state index contributed by atoms with van der Waals surface area (Å²) in [5, 5.41) is 0. The van der Waals surface area contributed by atoms with E-state index in [2.05, 4.69) is 22.6 Å². The minimum atomic E-state index is -0.477. The molecule has 1 aliphatic heterocycles. The molecule has 2 aromatic carbocycles. The zero-order valence-electron chi connectivity index (χ0n) is 12.7. The molecule has 118 valence electrons. The Bertz CT molecular complexity index is 742. The third-order valence-electron chi connectivity index (χ3n) is 3.88. The highest BCUT2D eigenvalue weighted by molar-refractivity contribution is 14.1. The van der Waals surface area contributed by atoms with Gasteiger partial charge in [-0.1, -0.05) is 18.2 Å². The number of ether oxygens (including phenoxy) is 1. The summed E-state index contributed by atoms with van der Waals surface area (Å²) in [6.45, 7) is 1.75. The van der Waals surface area contributed by atoms with Crippen LogP contribution in [0.3, 0.4) is 0 Å². The average Bonchev–Trinajstić information content (AvgIpc) is 2.88. The van der Waals surface area contributed by atoms with Crippen LogP contribution in [0.25, 0.3) is 0 Å². The third kappa shape index (κ3) is 3.39. The van der Waals surface area contributed by atoms with Crippen LogP contribution in [0.5, 0.6) is 0 Å². The fraction of sp³-hybridized carbons (Fsp3) is 0.222. The molecule has 2 aromatic rings. The highest BCUT2D eigenvalue weighted by atomic mass is 127. The number of esters is 1. The van der Waals surface area contributed by atoms with Crippen molar-refractivity contribution in [1.29, 1.82) is 0 Å². The molecule has 0 saturated heterocycles. The monoisotopic (exact) mass is 421 g/mol. The van der Waals surface area contributed by atoms with Crippen LogP contribution in [0.2, 0.25) is 0 Å². The molecule has 0 aromatic heterocycles. The van der Waals surface area contributed by atoms with Crippen molar-refractivity contribution in [2.24, 2.45) is 0 Å². The number of halogens is 1. The lowest BCUT2D eigenvalue weighted by Gasteiger charge is -2.22. The van der Waals surface area contributed by atoms with Crippen LogP contribution < -0.4 is 4.90 Å². The van der Waals surface area contributed by atoms with Gasteiger partial charge in [-0.25, -0.2) is 4.79 Å². The quantitative estimate of drug-likeness (QED) is 0.564. The number of rotatable bonds is 3. The molecule has 1 amide bonds. The van der Waals surface area contributed by atoms with Crippen molar-refractivity contribution >= 4 is 40.2 Å². The van der Waals surface area contributed by atoms with Gasteiger partial charge in [-0.2, -0.15) is 0 Å². The molecule has 0 spiro atoms. The van der Waals surface area contributed by atoms with Crippen LogP contribution in [0, 0.1) is 3.57 Å². The topological polar surface area (TPSA) is 46.6 Å². The first-order chi connectivity index (χ1) is 11.1.